The number of ether oxygens (including phenoxy) is 3. The van der Waals surface area contributed by atoms with Crippen LogP contribution in [-0.2, 0) is 4.74 Å². The summed E-state index contributed by atoms with van der Waals surface area (Å²) in [6, 6.07) is 6.48. The normalized spacial score (nSPS) is 23.0. The van der Waals surface area contributed by atoms with Gasteiger partial charge in [0.15, 0.2) is 11.5 Å². The first-order chi connectivity index (χ1) is 10.2. The first-order valence-corrected chi connectivity index (χ1v) is 7.76. The molecule has 4 nitrogen and oxygen atoms in total. The van der Waals surface area contributed by atoms with E-state index in [1.165, 1.54) is 5.56 Å². The van der Waals surface area contributed by atoms with Gasteiger partial charge in [-0.1, -0.05) is 13.0 Å². The summed E-state index contributed by atoms with van der Waals surface area (Å²) in [6.07, 6.45) is 2.56. The van der Waals surface area contributed by atoms with Gasteiger partial charge in [0.25, 0.3) is 0 Å². The van der Waals surface area contributed by atoms with Crippen molar-refractivity contribution < 1.29 is 14.2 Å². The number of rotatable bonds is 7. The fraction of sp³-hybridized carbons (Fsp3) is 0.647. The summed E-state index contributed by atoms with van der Waals surface area (Å²) in [4.78, 5) is 0. The monoisotopic (exact) mass is 293 g/mol. The van der Waals surface area contributed by atoms with Crippen LogP contribution in [0.5, 0.6) is 11.5 Å². The lowest BCUT2D eigenvalue weighted by atomic mass is 9.90. The lowest BCUT2D eigenvalue weighted by molar-refractivity contribution is 0.117. The minimum absolute atomic E-state index is 0.301. The number of hydrogen-bond acceptors (Lipinski definition) is 4. The second-order valence-electron chi connectivity index (χ2n) is 5.69. The van der Waals surface area contributed by atoms with Crippen LogP contribution in [0, 0.1) is 5.92 Å². The summed E-state index contributed by atoms with van der Waals surface area (Å²) in [6.45, 7) is 6.15. The average Bonchev–Trinajstić information content (AvgIpc) is 2.93. The molecule has 0 bridgehead atoms. The maximum atomic E-state index is 5.75. The van der Waals surface area contributed by atoms with E-state index in [0.29, 0.717) is 18.1 Å². The van der Waals surface area contributed by atoms with Gasteiger partial charge in [-0.05, 0) is 44.0 Å². The van der Waals surface area contributed by atoms with Crippen molar-refractivity contribution in [2.24, 2.45) is 5.92 Å². The van der Waals surface area contributed by atoms with E-state index in [0.717, 1.165) is 37.5 Å². The van der Waals surface area contributed by atoms with Crippen LogP contribution < -0.4 is 14.8 Å². The van der Waals surface area contributed by atoms with Crippen molar-refractivity contribution in [2.45, 2.75) is 38.8 Å². The van der Waals surface area contributed by atoms with E-state index < -0.39 is 0 Å². The fourth-order valence-electron chi connectivity index (χ4n) is 2.99. The average molecular weight is 293 g/mol. The molecular formula is C17H27NO3. The molecule has 3 unspecified atom stereocenters. The highest BCUT2D eigenvalue weighted by atomic mass is 16.5. The molecule has 118 valence electrons. The number of nitrogens with one attached hydrogen (secondary N) is 1. The topological polar surface area (TPSA) is 39.7 Å². The molecule has 2 rings (SSSR count). The molecule has 1 aliphatic heterocycles. The van der Waals surface area contributed by atoms with E-state index in [2.05, 4.69) is 31.3 Å². The number of benzene rings is 1. The maximum absolute atomic E-state index is 5.75. The summed E-state index contributed by atoms with van der Waals surface area (Å²) in [5.74, 6) is 2.06. The van der Waals surface area contributed by atoms with E-state index in [1.807, 2.05) is 6.07 Å². The quantitative estimate of drug-likeness (QED) is 0.838. The number of hydrogen-bond donors (Lipinski definition) is 1. The van der Waals surface area contributed by atoms with Crippen LogP contribution in [0.25, 0.3) is 0 Å². The Bertz CT molecular complexity index is 450. The third-order valence-electron chi connectivity index (χ3n) is 4.08. The second kappa shape index (κ2) is 7.66. The van der Waals surface area contributed by atoms with Crippen molar-refractivity contribution in [2.75, 3.05) is 27.4 Å². The zero-order valence-electron chi connectivity index (χ0n) is 13.5. The summed E-state index contributed by atoms with van der Waals surface area (Å²) < 4.78 is 16.5. The van der Waals surface area contributed by atoms with Gasteiger partial charge in [0.05, 0.1) is 26.9 Å². The molecule has 1 heterocycles. The highest BCUT2D eigenvalue weighted by Crippen LogP contribution is 2.36. The summed E-state index contributed by atoms with van der Waals surface area (Å²) in [7, 11) is 3.34. The van der Waals surface area contributed by atoms with Gasteiger partial charge in [-0.2, -0.15) is 0 Å². The zero-order valence-corrected chi connectivity index (χ0v) is 13.5. The van der Waals surface area contributed by atoms with Crippen molar-refractivity contribution in [3.05, 3.63) is 23.8 Å². The van der Waals surface area contributed by atoms with Gasteiger partial charge in [-0.25, -0.2) is 0 Å². The maximum Gasteiger partial charge on any atom is 0.161 e. The van der Waals surface area contributed by atoms with E-state index in [1.54, 1.807) is 14.2 Å². The van der Waals surface area contributed by atoms with Crippen molar-refractivity contribution in [1.29, 1.82) is 0 Å². The molecule has 1 N–H and O–H groups in total. The lowest BCUT2D eigenvalue weighted by Gasteiger charge is -2.25. The largest absolute Gasteiger partial charge is 0.493 e. The molecule has 0 amide bonds. The molecule has 0 radical (unpaired) electrons. The predicted octanol–water partition coefficient (Wildman–Crippen LogP) is 3.17. The molecule has 1 aromatic carbocycles. The van der Waals surface area contributed by atoms with E-state index in [4.69, 9.17) is 14.2 Å². The Labute approximate surface area is 127 Å². The highest BCUT2D eigenvalue weighted by Gasteiger charge is 2.30. The van der Waals surface area contributed by atoms with Crippen LogP contribution in [-0.4, -0.2) is 33.5 Å². The minimum Gasteiger partial charge on any atom is -0.493 e. The molecule has 1 saturated heterocycles. The van der Waals surface area contributed by atoms with Crippen LogP contribution >= 0.6 is 0 Å². The second-order valence-corrected chi connectivity index (χ2v) is 5.69. The molecular weight excluding hydrogens is 266 g/mol. The van der Waals surface area contributed by atoms with Crippen molar-refractivity contribution in [3.63, 3.8) is 0 Å². The zero-order chi connectivity index (χ0) is 15.2. The van der Waals surface area contributed by atoms with Gasteiger partial charge >= 0.3 is 0 Å². The molecule has 21 heavy (non-hydrogen) atoms. The third-order valence-corrected chi connectivity index (χ3v) is 4.08. The Morgan fingerprint density at radius 1 is 1.29 bits per heavy atom. The molecule has 0 spiro atoms. The van der Waals surface area contributed by atoms with Gasteiger partial charge < -0.3 is 19.5 Å². The Kier molecular flexibility index (Phi) is 5.88. The van der Waals surface area contributed by atoms with Gasteiger partial charge in [-0.15, -0.1) is 0 Å². The van der Waals surface area contributed by atoms with E-state index in [-0.39, 0.29) is 0 Å². The van der Waals surface area contributed by atoms with Gasteiger partial charge in [0.1, 0.15) is 0 Å². The van der Waals surface area contributed by atoms with Crippen LogP contribution in [0.4, 0.5) is 0 Å². The van der Waals surface area contributed by atoms with Crippen molar-refractivity contribution in [1.82, 2.24) is 5.32 Å². The lowest BCUT2D eigenvalue weighted by Crippen LogP contribution is -2.29. The molecule has 1 aliphatic rings. The van der Waals surface area contributed by atoms with Crippen LogP contribution in [0.2, 0.25) is 0 Å². The molecule has 1 aromatic rings. The van der Waals surface area contributed by atoms with Gasteiger partial charge in [0.2, 0.25) is 0 Å². The SMILES string of the molecule is CCCNC(c1ccc(OC)c(OC)c1)C1COC(C)C1. The van der Waals surface area contributed by atoms with Crippen molar-refractivity contribution in [3.8, 4) is 11.5 Å². The smallest absolute Gasteiger partial charge is 0.161 e. The molecule has 1 fully saturated rings. The fourth-order valence-corrected chi connectivity index (χ4v) is 2.99. The van der Waals surface area contributed by atoms with Gasteiger partial charge in [0, 0.05) is 12.0 Å². The highest BCUT2D eigenvalue weighted by molar-refractivity contribution is 5.44. The summed E-state index contributed by atoms with van der Waals surface area (Å²) >= 11 is 0. The Balaban J connectivity index is 2.23. The third kappa shape index (κ3) is 3.89. The predicted molar refractivity (Wildman–Crippen MR) is 84.1 cm³/mol. The summed E-state index contributed by atoms with van der Waals surface area (Å²) in [5.41, 5.74) is 1.24. The van der Waals surface area contributed by atoms with Crippen LogP contribution in [0.1, 0.15) is 38.3 Å². The number of methoxy groups -OCH3 is 2. The Morgan fingerprint density at radius 3 is 2.62 bits per heavy atom. The van der Waals surface area contributed by atoms with Crippen LogP contribution in [0.3, 0.4) is 0 Å². The molecule has 0 aromatic heterocycles. The first-order valence-electron chi connectivity index (χ1n) is 7.76. The molecule has 4 heteroatoms. The van der Waals surface area contributed by atoms with Crippen LogP contribution in [0.15, 0.2) is 18.2 Å². The summed E-state index contributed by atoms with van der Waals surface area (Å²) in [5, 5.41) is 3.66. The standard InChI is InChI=1S/C17H27NO3/c1-5-8-18-17(14-9-12(2)21-11-14)13-6-7-15(19-3)16(10-13)20-4/h6-7,10,12,14,17-18H,5,8-9,11H2,1-4H3. The van der Waals surface area contributed by atoms with E-state index in [9.17, 15) is 0 Å². The first kappa shape index (κ1) is 16.1. The van der Waals surface area contributed by atoms with E-state index >= 15 is 0 Å². The minimum atomic E-state index is 0.301. The molecule has 3 atom stereocenters. The Morgan fingerprint density at radius 2 is 2.05 bits per heavy atom. The molecule has 0 saturated carbocycles. The van der Waals surface area contributed by atoms with Crippen molar-refractivity contribution >= 4 is 0 Å². The molecule has 0 aliphatic carbocycles. The van der Waals surface area contributed by atoms with Gasteiger partial charge in [-0.3, -0.25) is 0 Å². The Hall–Kier alpha value is -1.26.